The van der Waals surface area contributed by atoms with Crippen molar-refractivity contribution in [2.24, 2.45) is 11.5 Å². The normalized spacial score (nSPS) is 11.2. The number of amides is 2. The van der Waals surface area contributed by atoms with Gasteiger partial charge in [0.15, 0.2) is 0 Å². The average molecular weight is 342 g/mol. The highest BCUT2D eigenvalue weighted by Crippen LogP contribution is 2.53. The second kappa shape index (κ2) is 7.43. The maximum absolute atomic E-state index is 10.6. The molecule has 0 unspecified atom stereocenters. The lowest BCUT2D eigenvalue weighted by atomic mass is 10.1. The molecule has 1 aromatic carbocycles. The van der Waals surface area contributed by atoms with Crippen molar-refractivity contribution in [2.45, 2.75) is 0 Å². The molecule has 0 aliphatic carbocycles. The molecule has 11 nitrogen and oxygen atoms in total. The van der Waals surface area contributed by atoms with Gasteiger partial charge in [-0.15, -0.1) is 0 Å². The van der Waals surface area contributed by atoms with Crippen LogP contribution in [0.2, 0.25) is 0 Å². The second-order valence-electron chi connectivity index (χ2n) is 3.37. The van der Waals surface area contributed by atoms with E-state index in [0.717, 1.165) is 0 Å². The maximum Gasteiger partial charge on any atom is 0.478 e. The minimum atomic E-state index is -5.05. The van der Waals surface area contributed by atoms with Crippen LogP contribution in [0.5, 0.6) is 0 Å². The van der Waals surface area contributed by atoms with E-state index in [1.165, 1.54) is 24.3 Å². The van der Waals surface area contributed by atoms with Crippen LogP contribution in [0.25, 0.3) is 0 Å². The number of hydrogen-bond acceptors (Lipinski definition) is 5. The lowest BCUT2D eigenvalue weighted by Gasteiger charge is -2.03. The van der Waals surface area contributed by atoms with Gasteiger partial charge in [0.1, 0.15) is 0 Å². The van der Waals surface area contributed by atoms with Gasteiger partial charge >= 0.3 is 15.6 Å². The Hall–Kier alpha value is -1.58. The molecule has 21 heavy (non-hydrogen) atoms. The van der Waals surface area contributed by atoms with E-state index in [4.69, 9.17) is 31.0 Å². The lowest BCUT2D eigenvalue weighted by molar-refractivity contribution is 0.0988. The summed E-state index contributed by atoms with van der Waals surface area (Å²) < 4.78 is 22.2. The monoisotopic (exact) mass is 342 g/mol. The standard InChI is InChI=1S/C8H8N2O2.H4O7P2/c9-7(11)5-1-2-6(4-3-5)8(10)12;1-8(2,3)7-9(4,5)6/h1-4H,(H2,9,11)(H2,10,12);(H2,1,2,3)(H2,4,5,6). The van der Waals surface area contributed by atoms with E-state index in [9.17, 15) is 18.7 Å². The fourth-order valence-electron chi connectivity index (χ4n) is 0.937. The molecule has 0 bridgehead atoms. The van der Waals surface area contributed by atoms with Gasteiger partial charge in [-0.2, -0.15) is 4.31 Å². The molecule has 1 aromatic rings. The first-order valence-electron chi connectivity index (χ1n) is 4.84. The summed E-state index contributed by atoms with van der Waals surface area (Å²) in [5.74, 6) is -1.04. The van der Waals surface area contributed by atoms with Crippen molar-refractivity contribution < 1.29 is 42.6 Å². The van der Waals surface area contributed by atoms with Crippen LogP contribution in [-0.2, 0) is 13.4 Å². The van der Waals surface area contributed by atoms with Gasteiger partial charge in [-0.05, 0) is 24.3 Å². The van der Waals surface area contributed by atoms with Gasteiger partial charge in [0.2, 0.25) is 11.8 Å². The zero-order valence-corrected chi connectivity index (χ0v) is 12.0. The largest absolute Gasteiger partial charge is 0.478 e. The number of carbonyl (C=O) groups is 2. The van der Waals surface area contributed by atoms with E-state index in [0.29, 0.717) is 11.1 Å². The molecule has 1 rings (SSSR count). The fourth-order valence-corrected chi connectivity index (χ4v) is 2.05. The molecular weight excluding hydrogens is 330 g/mol. The highest BCUT2D eigenvalue weighted by molar-refractivity contribution is 7.60. The first kappa shape index (κ1) is 19.4. The van der Waals surface area contributed by atoms with E-state index in [-0.39, 0.29) is 0 Å². The van der Waals surface area contributed by atoms with Crippen LogP contribution in [0.15, 0.2) is 24.3 Å². The van der Waals surface area contributed by atoms with Crippen LogP contribution < -0.4 is 11.5 Å². The van der Waals surface area contributed by atoms with E-state index in [1.54, 1.807) is 0 Å². The number of primary amides is 2. The Kier molecular flexibility index (Phi) is 6.88. The predicted octanol–water partition coefficient (Wildman–Crippen LogP) is -0.927. The molecule has 0 aliphatic rings. The van der Waals surface area contributed by atoms with Gasteiger partial charge in [-0.1, -0.05) is 0 Å². The van der Waals surface area contributed by atoms with Crippen LogP contribution in [-0.4, -0.2) is 31.4 Å². The molecule has 2 amide bonds. The number of rotatable bonds is 4. The zero-order chi connectivity index (χ0) is 16.8. The van der Waals surface area contributed by atoms with Crippen LogP contribution >= 0.6 is 15.6 Å². The van der Waals surface area contributed by atoms with Crippen molar-refractivity contribution in [1.29, 1.82) is 0 Å². The van der Waals surface area contributed by atoms with Gasteiger partial charge < -0.3 is 31.0 Å². The van der Waals surface area contributed by atoms with Crippen molar-refractivity contribution in [3.63, 3.8) is 0 Å². The number of carbonyl (C=O) groups excluding carboxylic acids is 2. The van der Waals surface area contributed by atoms with Gasteiger partial charge in [-0.3, -0.25) is 9.59 Å². The third-order valence-corrected chi connectivity index (χ3v) is 3.37. The van der Waals surface area contributed by atoms with Crippen molar-refractivity contribution in [3.05, 3.63) is 35.4 Å². The Balaban J connectivity index is 0.000000400. The van der Waals surface area contributed by atoms with E-state index >= 15 is 0 Å². The molecule has 8 N–H and O–H groups in total. The summed E-state index contributed by atoms with van der Waals surface area (Å²) in [6.07, 6.45) is 0. The summed E-state index contributed by atoms with van der Waals surface area (Å²) in [6.45, 7) is 0. The van der Waals surface area contributed by atoms with E-state index in [1.807, 2.05) is 0 Å². The van der Waals surface area contributed by atoms with Gasteiger partial charge in [0, 0.05) is 11.1 Å². The average Bonchev–Trinajstić information content (AvgIpc) is 2.24. The molecule has 0 spiro atoms. The number of benzene rings is 1. The first-order chi connectivity index (χ1) is 9.32. The number of nitrogens with two attached hydrogens (primary N) is 2. The highest BCUT2D eigenvalue weighted by Gasteiger charge is 2.27. The van der Waals surface area contributed by atoms with Crippen molar-refractivity contribution in [2.75, 3.05) is 0 Å². The Morgan fingerprint density at radius 3 is 1.14 bits per heavy atom. The van der Waals surface area contributed by atoms with Crippen molar-refractivity contribution in [3.8, 4) is 0 Å². The van der Waals surface area contributed by atoms with E-state index < -0.39 is 27.5 Å². The summed E-state index contributed by atoms with van der Waals surface area (Å²) in [7, 11) is -10.1. The van der Waals surface area contributed by atoms with Crippen LogP contribution in [0.4, 0.5) is 0 Å². The summed E-state index contributed by atoms with van der Waals surface area (Å²) in [5, 5.41) is 0. The van der Waals surface area contributed by atoms with Crippen LogP contribution in [0, 0.1) is 0 Å². The molecule has 0 atom stereocenters. The van der Waals surface area contributed by atoms with Gasteiger partial charge in [-0.25, -0.2) is 9.13 Å². The number of hydrogen-bond donors (Lipinski definition) is 6. The first-order valence-corrected chi connectivity index (χ1v) is 7.90. The van der Waals surface area contributed by atoms with Crippen LogP contribution in [0.3, 0.4) is 0 Å². The van der Waals surface area contributed by atoms with E-state index in [2.05, 4.69) is 4.31 Å². The molecule has 0 aliphatic heterocycles. The minimum absolute atomic E-state index is 0.361. The quantitative estimate of drug-likeness (QED) is 0.373. The topological polar surface area (TPSA) is 210 Å². The molecule has 0 radical (unpaired) electrons. The van der Waals surface area contributed by atoms with Crippen molar-refractivity contribution in [1.82, 2.24) is 0 Å². The van der Waals surface area contributed by atoms with Gasteiger partial charge in [0.05, 0.1) is 0 Å². The Labute approximate surface area is 118 Å². The SMILES string of the molecule is NC(=O)c1ccc(C(N)=O)cc1.O=P(O)(O)OP(=O)(O)O. The smallest absolute Gasteiger partial charge is 0.366 e. The summed E-state index contributed by atoms with van der Waals surface area (Å²) in [6, 6.07) is 5.84. The second-order valence-corrected chi connectivity index (χ2v) is 5.98. The third-order valence-electron chi connectivity index (χ3n) is 1.67. The molecule has 0 heterocycles. The summed E-state index contributed by atoms with van der Waals surface area (Å²) >= 11 is 0. The molecule has 0 saturated heterocycles. The number of phosphoric acid groups is 2. The summed E-state index contributed by atoms with van der Waals surface area (Å²) in [4.78, 5) is 52.2. The maximum atomic E-state index is 10.6. The molecular formula is C8H12N2O9P2. The molecule has 0 fully saturated rings. The fraction of sp³-hybridized carbons (Fsp3) is 0. The Morgan fingerprint density at radius 2 is 1.05 bits per heavy atom. The Bertz CT molecular complexity index is 550. The molecule has 13 heteroatoms. The predicted molar refractivity (Wildman–Crippen MR) is 68.7 cm³/mol. The summed E-state index contributed by atoms with van der Waals surface area (Å²) in [5.41, 5.74) is 10.7. The molecule has 0 aromatic heterocycles. The highest BCUT2D eigenvalue weighted by atomic mass is 31.3. The third kappa shape index (κ3) is 9.88. The Morgan fingerprint density at radius 1 is 0.810 bits per heavy atom. The molecule has 118 valence electrons. The zero-order valence-electron chi connectivity index (χ0n) is 10.2. The molecule has 0 saturated carbocycles. The minimum Gasteiger partial charge on any atom is -0.366 e. The van der Waals surface area contributed by atoms with Crippen LogP contribution in [0.1, 0.15) is 20.7 Å². The lowest BCUT2D eigenvalue weighted by Crippen LogP contribution is -2.13. The van der Waals surface area contributed by atoms with Crippen molar-refractivity contribution >= 4 is 27.5 Å². The van der Waals surface area contributed by atoms with Gasteiger partial charge in [0.25, 0.3) is 0 Å².